The lowest BCUT2D eigenvalue weighted by Gasteiger charge is -2.21. The van der Waals surface area contributed by atoms with E-state index >= 15 is 0 Å². The van der Waals surface area contributed by atoms with Crippen LogP contribution in [0.5, 0.6) is 11.5 Å². The summed E-state index contributed by atoms with van der Waals surface area (Å²) < 4.78 is 11.8. The normalized spacial score (nSPS) is 10.8. The highest BCUT2D eigenvalue weighted by molar-refractivity contribution is 5.93. The summed E-state index contributed by atoms with van der Waals surface area (Å²) >= 11 is 0. The summed E-state index contributed by atoms with van der Waals surface area (Å²) in [7, 11) is 0. The van der Waals surface area contributed by atoms with Crippen LogP contribution in [0.3, 0.4) is 0 Å². The molecule has 166 valence electrons. The summed E-state index contributed by atoms with van der Waals surface area (Å²) in [6.07, 6.45) is 2.44. The fourth-order valence-electron chi connectivity index (χ4n) is 3.71. The lowest BCUT2D eigenvalue weighted by molar-refractivity contribution is 0.0679. The fourth-order valence-corrected chi connectivity index (χ4v) is 3.71. The lowest BCUT2D eigenvalue weighted by Crippen LogP contribution is -2.16. The zero-order valence-electron chi connectivity index (χ0n) is 19.2. The minimum absolute atomic E-state index is 0.305. The molecule has 0 aliphatic carbocycles. The van der Waals surface area contributed by atoms with Crippen LogP contribution in [0.4, 0.5) is 0 Å². The van der Waals surface area contributed by atoms with Gasteiger partial charge in [-0.25, -0.2) is 9.59 Å². The predicted molar refractivity (Wildman–Crippen MR) is 127 cm³/mol. The molecule has 0 unspecified atom stereocenters. The summed E-state index contributed by atoms with van der Waals surface area (Å²) in [6, 6.07) is 19.7. The number of carbonyl (C=O) groups is 2. The molecule has 32 heavy (non-hydrogen) atoms. The van der Waals surface area contributed by atoms with Crippen molar-refractivity contribution in [2.75, 3.05) is 0 Å². The van der Waals surface area contributed by atoms with E-state index in [1.807, 2.05) is 19.1 Å². The number of aryl methyl sites for hydroxylation is 1. The van der Waals surface area contributed by atoms with Crippen molar-refractivity contribution in [3.63, 3.8) is 0 Å². The smallest absolute Gasteiger partial charge is 0.343 e. The van der Waals surface area contributed by atoms with E-state index in [0.29, 0.717) is 28.5 Å². The molecule has 3 aromatic carbocycles. The number of hydrogen-bond acceptors (Lipinski definition) is 4. The quantitative estimate of drug-likeness (QED) is 0.299. The van der Waals surface area contributed by atoms with E-state index in [0.717, 1.165) is 36.0 Å². The molecule has 0 aliphatic heterocycles. The molecule has 0 fully saturated rings. The zero-order valence-corrected chi connectivity index (χ0v) is 19.2. The Morgan fingerprint density at radius 2 is 1.31 bits per heavy atom. The molecule has 0 amide bonds. The zero-order chi connectivity index (χ0) is 23.1. The predicted octanol–water partition coefficient (Wildman–Crippen LogP) is 6.58. The van der Waals surface area contributed by atoms with Gasteiger partial charge in [-0.2, -0.15) is 0 Å². The molecule has 0 aliphatic rings. The highest BCUT2D eigenvalue weighted by Crippen LogP contribution is 2.40. The van der Waals surface area contributed by atoms with Gasteiger partial charge in [0.05, 0.1) is 11.1 Å². The Kier molecular flexibility index (Phi) is 7.82. The van der Waals surface area contributed by atoms with Gasteiger partial charge in [0.1, 0.15) is 0 Å². The van der Waals surface area contributed by atoms with Crippen molar-refractivity contribution in [3.8, 4) is 11.5 Å². The van der Waals surface area contributed by atoms with Crippen molar-refractivity contribution >= 4 is 11.9 Å². The van der Waals surface area contributed by atoms with Crippen molar-refractivity contribution in [3.05, 3.63) is 94.5 Å². The second-order valence-electron chi connectivity index (χ2n) is 8.35. The molecule has 0 aromatic heterocycles. The molecule has 0 spiro atoms. The molecule has 0 bridgehead atoms. The standard InChI is InChI=1S/C28H30O4/c1-5-12-24-23(17-19(2)3)18-20(4)25(31-27(29)21-13-8-6-9-14-21)26(24)32-28(30)22-15-10-7-11-16-22/h6-11,13-16,18-19H,5,12,17H2,1-4H3. The molecule has 3 rings (SSSR count). The maximum atomic E-state index is 13.0. The topological polar surface area (TPSA) is 52.6 Å². The van der Waals surface area contributed by atoms with Crippen molar-refractivity contribution in [1.29, 1.82) is 0 Å². The molecule has 4 nitrogen and oxygen atoms in total. The Hall–Kier alpha value is -3.40. The van der Waals surface area contributed by atoms with Gasteiger partial charge in [-0.1, -0.05) is 69.7 Å². The fraction of sp³-hybridized carbons (Fsp3) is 0.286. The van der Waals surface area contributed by atoms with E-state index < -0.39 is 11.9 Å². The molecule has 0 radical (unpaired) electrons. The molecule has 0 N–H and O–H groups in total. The molecule has 0 saturated heterocycles. The first-order valence-electron chi connectivity index (χ1n) is 11.1. The number of benzene rings is 3. The van der Waals surface area contributed by atoms with Crippen molar-refractivity contribution in [2.45, 2.75) is 47.0 Å². The summed E-state index contributed by atoms with van der Waals surface area (Å²) in [6.45, 7) is 8.28. The SMILES string of the molecule is CCCc1c(CC(C)C)cc(C)c(OC(=O)c2ccccc2)c1OC(=O)c1ccccc1. The first-order chi connectivity index (χ1) is 15.4. The average molecular weight is 431 g/mol. The molecular formula is C28H30O4. The third kappa shape index (κ3) is 5.64. The van der Waals surface area contributed by atoms with Gasteiger partial charge < -0.3 is 9.47 Å². The number of rotatable bonds is 8. The summed E-state index contributed by atoms with van der Waals surface area (Å²) in [4.78, 5) is 25.8. The maximum Gasteiger partial charge on any atom is 0.343 e. The lowest BCUT2D eigenvalue weighted by atomic mass is 9.92. The van der Waals surface area contributed by atoms with Crippen LogP contribution >= 0.6 is 0 Å². The highest BCUT2D eigenvalue weighted by Gasteiger charge is 2.24. The Balaban J connectivity index is 2.10. The number of ether oxygens (including phenoxy) is 2. The Morgan fingerprint density at radius 1 is 0.812 bits per heavy atom. The van der Waals surface area contributed by atoms with Crippen LogP contribution in [-0.4, -0.2) is 11.9 Å². The molecule has 0 atom stereocenters. The van der Waals surface area contributed by atoms with Gasteiger partial charge in [-0.05, 0) is 61.1 Å². The van der Waals surface area contributed by atoms with Crippen LogP contribution < -0.4 is 9.47 Å². The van der Waals surface area contributed by atoms with E-state index in [1.165, 1.54) is 0 Å². The van der Waals surface area contributed by atoms with Crippen LogP contribution in [0.2, 0.25) is 0 Å². The highest BCUT2D eigenvalue weighted by atomic mass is 16.6. The van der Waals surface area contributed by atoms with Crippen LogP contribution in [-0.2, 0) is 12.8 Å². The van der Waals surface area contributed by atoms with Gasteiger partial charge in [0.15, 0.2) is 11.5 Å². The van der Waals surface area contributed by atoms with E-state index in [9.17, 15) is 9.59 Å². The summed E-state index contributed by atoms with van der Waals surface area (Å²) in [5.41, 5.74) is 3.69. The van der Waals surface area contributed by atoms with E-state index in [2.05, 4.69) is 26.8 Å². The third-order valence-electron chi connectivity index (χ3n) is 5.15. The summed E-state index contributed by atoms with van der Waals surface area (Å²) in [5.74, 6) is 0.131. The Morgan fingerprint density at radius 3 is 1.78 bits per heavy atom. The van der Waals surface area contributed by atoms with Crippen molar-refractivity contribution in [2.24, 2.45) is 5.92 Å². The largest absolute Gasteiger partial charge is 0.419 e. The molecule has 0 heterocycles. The molecular weight excluding hydrogens is 400 g/mol. The Bertz CT molecular complexity index is 1070. The number of esters is 2. The summed E-state index contributed by atoms with van der Waals surface area (Å²) in [5, 5.41) is 0. The van der Waals surface area contributed by atoms with Crippen LogP contribution in [0, 0.1) is 12.8 Å². The van der Waals surface area contributed by atoms with Crippen molar-refractivity contribution in [1.82, 2.24) is 0 Å². The average Bonchev–Trinajstić information content (AvgIpc) is 2.79. The molecule has 0 saturated carbocycles. The van der Waals surface area contributed by atoms with E-state index in [1.54, 1.807) is 48.5 Å². The first-order valence-corrected chi connectivity index (χ1v) is 11.1. The third-order valence-corrected chi connectivity index (χ3v) is 5.15. The number of carbonyl (C=O) groups excluding carboxylic acids is 2. The minimum Gasteiger partial charge on any atom is -0.419 e. The number of hydrogen-bond donors (Lipinski definition) is 0. The van der Waals surface area contributed by atoms with Crippen LogP contribution in [0.15, 0.2) is 66.7 Å². The van der Waals surface area contributed by atoms with Gasteiger partial charge in [0, 0.05) is 5.56 Å². The molecule has 3 aromatic rings. The Labute approximate surface area is 190 Å². The van der Waals surface area contributed by atoms with Gasteiger partial charge >= 0.3 is 11.9 Å². The van der Waals surface area contributed by atoms with Gasteiger partial charge in [0.25, 0.3) is 0 Å². The van der Waals surface area contributed by atoms with Gasteiger partial charge in [-0.15, -0.1) is 0 Å². The van der Waals surface area contributed by atoms with Crippen LogP contribution in [0.25, 0.3) is 0 Å². The monoisotopic (exact) mass is 430 g/mol. The van der Waals surface area contributed by atoms with Crippen molar-refractivity contribution < 1.29 is 19.1 Å². The van der Waals surface area contributed by atoms with Gasteiger partial charge in [0.2, 0.25) is 0 Å². The van der Waals surface area contributed by atoms with Crippen LogP contribution in [0.1, 0.15) is 64.6 Å². The second-order valence-corrected chi connectivity index (χ2v) is 8.35. The van der Waals surface area contributed by atoms with E-state index in [4.69, 9.17) is 9.47 Å². The van der Waals surface area contributed by atoms with Gasteiger partial charge in [-0.3, -0.25) is 0 Å². The first kappa shape index (κ1) is 23.3. The second kappa shape index (κ2) is 10.8. The van der Waals surface area contributed by atoms with E-state index in [-0.39, 0.29) is 0 Å². The molecule has 4 heteroatoms. The minimum atomic E-state index is -0.482. The maximum absolute atomic E-state index is 13.0.